The summed E-state index contributed by atoms with van der Waals surface area (Å²) < 4.78 is 1.73. The largest absolute Gasteiger partial charge is 0.339 e. The summed E-state index contributed by atoms with van der Waals surface area (Å²) >= 11 is 3.48. The zero-order chi connectivity index (χ0) is 9.97. The number of hydrogen-bond acceptors (Lipinski definition) is 4. The Bertz CT molecular complexity index is 300. The van der Waals surface area contributed by atoms with Gasteiger partial charge in [0, 0.05) is 25.5 Å². The van der Waals surface area contributed by atoms with Crippen molar-refractivity contribution in [3.63, 3.8) is 0 Å². The Labute approximate surface area is 91.6 Å². The minimum atomic E-state index is 0.783. The quantitative estimate of drug-likeness (QED) is 0.755. The number of hydrogen-bond donors (Lipinski definition) is 0. The van der Waals surface area contributed by atoms with Gasteiger partial charge in [-0.1, -0.05) is 21.0 Å². The molecule has 2 heterocycles. The molecule has 0 amide bonds. The van der Waals surface area contributed by atoms with Gasteiger partial charge >= 0.3 is 0 Å². The van der Waals surface area contributed by atoms with Crippen LogP contribution in [0.25, 0.3) is 0 Å². The monoisotopic (exact) mass is 259 g/mol. The fourth-order valence-electron chi connectivity index (χ4n) is 1.90. The Morgan fingerprint density at radius 3 is 3.07 bits per heavy atom. The maximum absolute atomic E-state index is 4.01. The molecule has 2 rings (SSSR count). The van der Waals surface area contributed by atoms with E-state index in [0.29, 0.717) is 0 Å². The Balaban J connectivity index is 1.99. The molecule has 1 unspecified atom stereocenters. The number of tetrazole rings is 1. The van der Waals surface area contributed by atoms with E-state index in [0.717, 1.165) is 30.3 Å². The van der Waals surface area contributed by atoms with Crippen LogP contribution in [0.15, 0.2) is 0 Å². The van der Waals surface area contributed by atoms with Crippen molar-refractivity contribution in [2.75, 3.05) is 23.3 Å². The van der Waals surface area contributed by atoms with E-state index in [9.17, 15) is 0 Å². The molecular weight excluding hydrogens is 246 g/mol. The van der Waals surface area contributed by atoms with Gasteiger partial charge in [-0.2, -0.15) is 0 Å². The molecule has 1 fully saturated rings. The van der Waals surface area contributed by atoms with Gasteiger partial charge in [-0.05, 0) is 29.2 Å². The van der Waals surface area contributed by atoms with Crippen LogP contribution in [0.2, 0.25) is 0 Å². The van der Waals surface area contributed by atoms with Crippen LogP contribution in [0, 0.1) is 5.92 Å². The SMILES string of the molecule is Cn1nnnc1N1CCC(CCBr)C1. The number of aryl methyl sites for hydroxylation is 1. The molecular formula is C8H14BrN5. The first-order chi connectivity index (χ1) is 6.81. The van der Waals surface area contributed by atoms with Crippen LogP contribution >= 0.6 is 15.9 Å². The number of aromatic nitrogens is 4. The maximum Gasteiger partial charge on any atom is 0.245 e. The highest BCUT2D eigenvalue weighted by Crippen LogP contribution is 2.23. The van der Waals surface area contributed by atoms with Crippen LogP contribution in [-0.2, 0) is 7.05 Å². The summed E-state index contributed by atoms with van der Waals surface area (Å²) in [5.74, 6) is 1.67. The van der Waals surface area contributed by atoms with Crippen LogP contribution in [0.5, 0.6) is 0 Å². The summed E-state index contributed by atoms with van der Waals surface area (Å²) in [7, 11) is 1.88. The van der Waals surface area contributed by atoms with Crippen molar-refractivity contribution in [1.82, 2.24) is 20.2 Å². The fraction of sp³-hybridized carbons (Fsp3) is 0.875. The smallest absolute Gasteiger partial charge is 0.245 e. The average molecular weight is 260 g/mol. The molecule has 0 aliphatic carbocycles. The Morgan fingerprint density at radius 2 is 2.43 bits per heavy atom. The van der Waals surface area contributed by atoms with Crippen molar-refractivity contribution in [1.29, 1.82) is 0 Å². The van der Waals surface area contributed by atoms with E-state index in [4.69, 9.17) is 0 Å². The molecule has 1 aromatic rings. The van der Waals surface area contributed by atoms with E-state index in [1.807, 2.05) is 7.05 Å². The molecule has 5 nitrogen and oxygen atoms in total. The van der Waals surface area contributed by atoms with E-state index in [-0.39, 0.29) is 0 Å². The standard InChI is InChI=1S/C8H14BrN5/c1-13-8(10-11-12-13)14-5-3-7(6-14)2-4-9/h7H,2-6H2,1H3. The fourth-order valence-corrected chi connectivity index (χ4v) is 2.54. The molecule has 1 aliphatic heterocycles. The maximum atomic E-state index is 4.01. The van der Waals surface area contributed by atoms with Crippen LogP contribution in [0.4, 0.5) is 5.95 Å². The second-order valence-electron chi connectivity index (χ2n) is 3.68. The van der Waals surface area contributed by atoms with Gasteiger partial charge in [0.2, 0.25) is 5.95 Å². The Kier molecular flexibility index (Phi) is 3.00. The van der Waals surface area contributed by atoms with Gasteiger partial charge in [0.25, 0.3) is 0 Å². The molecule has 0 radical (unpaired) electrons. The first kappa shape index (κ1) is 9.89. The third kappa shape index (κ3) is 1.89. The molecule has 0 aromatic carbocycles. The first-order valence-electron chi connectivity index (χ1n) is 4.84. The van der Waals surface area contributed by atoms with Gasteiger partial charge in [-0.3, -0.25) is 0 Å². The van der Waals surface area contributed by atoms with Crippen LogP contribution in [-0.4, -0.2) is 38.6 Å². The van der Waals surface area contributed by atoms with E-state index in [1.54, 1.807) is 4.68 Å². The summed E-state index contributed by atoms with van der Waals surface area (Å²) in [6.45, 7) is 2.16. The van der Waals surface area contributed by atoms with Crippen LogP contribution in [0.3, 0.4) is 0 Å². The lowest BCUT2D eigenvalue weighted by Crippen LogP contribution is -2.23. The molecule has 78 valence electrons. The Hall–Kier alpha value is -0.650. The number of halogens is 1. The summed E-state index contributed by atoms with van der Waals surface area (Å²) in [6, 6.07) is 0. The zero-order valence-corrected chi connectivity index (χ0v) is 9.81. The summed E-state index contributed by atoms with van der Waals surface area (Å²) in [5, 5.41) is 12.6. The molecule has 6 heteroatoms. The van der Waals surface area contributed by atoms with Gasteiger partial charge in [0.05, 0.1) is 0 Å². The Morgan fingerprint density at radius 1 is 1.57 bits per heavy atom. The third-order valence-corrected chi connectivity index (χ3v) is 3.14. The highest BCUT2D eigenvalue weighted by atomic mass is 79.9. The summed E-state index contributed by atoms with van der Waals surface area (Å²) in [5.41, 5.74) is 0. The molecule has 1 aliphatic rings. The predicted molar refractivity (Wildman–Crippen MR) is 57.5 cm³/mol. The number of anilines is 1. The van der Waals surface area contributed by atoms with Crippen molar-refractivity contribution in [2.45, 2.75) is 12.8 Å². The number of nitrogens with zero attached hydrogens (tertiary/aromatic N) is 5. The van der Waals surface area contributed by atoms with E-state index in [2.05, 4.69) is 36.4 Å². The van der Waals surface area contributed by atoms with Gasteiger partial charge in [0.15, 0.2) is 0 Å². The zero-order valence-electron chi connectivity index (χ0n) is 8.23. The van der Waals surface area contributed by atoms with Crippen molar-refractivity contribution < 1.29 is 0 Å². The normalized spacial score (nSPS) is 21.9. The van der Waals surface area contributed by atoms with Crippen molar-refractivity contribution in [3.05, 3.63) is 0 Å². The van der Waals surface area contributed by atoms with Crippen LogP contribution in [0.1, 0.15) is 12.8 Å². The lowest BCUT2D eigenvalue weighted by Gasteiger charge is -2.15. The lowest BCUT2D eigenvalue weighted by atomic mass is 10.1. The second kappa shape index (κ2) is 4.25. The summed E-state index contributed by atoms with van der Waals surface area (Å²) in [4.78, 5) is 2.26. The molecule has 0 bridgehead atoms. The number of rotatable bonds is 3. The van der Waals surface area contributed by atoms with E-state index >= 15 is 0 Å². The van der Waals surface area contributed by atoms with Crippen molar-refractivity contribution in [3.8, 4) is 0 Å². The topological polar surface area (TPSA) is 46.8 Å². The summed E-state index contributed by atoms with van der Waals surface area (Å²) in [6.07, 6.45) is 2.49. The molecule has 1 aromatic heterocycles. The molecule has 1 saturated heterocycles. The van der Waals surface area contributed by atoms with Gasteiger partial charge in [-0.25, -0.2) is 4.68 Å². The van der Waals surface area contributed by atoms with Gasteiger partial charge < -0.3 is 4.90 Å². The highest BCUT2D eigenvalue weighted by molar-refractivity contribution is 9.09. The van der Waals surface area contributed by atoms with Crippen molar-refractivity contribution in [2.24, 2.45) is 13.0 Å². The molecule has 14 heavy (non-hydrogen) atoms. The van der Waals surface area contributed by atoms with Crippen LogP contribution < -0.4 is 4.90 Å². The highest BCUT2D eigenvalue weighted by Gasteiger charge is 2.24. The van der Waals surface area contributed by atoms with E-state index < -0.39 is 0 Å². The second-order valence-corrected chi connectivity index (χ2v) is 4.47. The molecule has 1 atom stereocenters. The first-order valence-corrected chi connectivity index (χ1v) is 5.96. The van der Waals surface area contributed by atoms with Crippen molar-refractivity contribution >= 4 is 21.9 Å². The molecule has 0 saturated carbocycles. The van der Waals surface area contributed by atoms with Gasteiger partial charge in [0.1, 0.15) is 0 Å². The minimum Gasteiger partial charge on any atom is -0.339 e. The molecule has 0 spiro atoms. The van der Waals surface area contributed by atoms with Gasteiger partial charge in [-0.15, -0.1) is 0 Å². The minimum absolute atomic E-state index is 0.783. The predicted octanol–water partition coefficient (Wildman–Crippen LogP) is 0.821. The number of alkyl halides is 1. The lowest BCUT2D eigenvalue weighted by molar-refractivity contribution is 0.573. The van der Waals surface area contributed by atoms with E-state index in [1.165, 1.54) is 12.8 Å². The molecule has 0 N–H and O–H groups in total. The average Bonchev–Trinajstić information content (AvgIpc) is 2.74. The third-order valence-electron chi connectivity index (χ3n) is 2.68.